The minimum absolute atomic E-state index is 0.180. The van der Waals surface area contributed by atoms with Gasteiger partial charge in [-0.2, -0.15) is 0 Å². The van der Waals surface area contributed by atoms with Gasteiger partial charge in [-0.05, 0) is 19.8 Å². The van der Waals surface area contributed by atoms with Gasteiger partial charge < -0.3 is 4.74 Å². The van der Waals surface area contributed by atoms with Crippen molar-refractivity contribution in [3.63, 3.8) is 0 Å². The van der Waals surface area contributed by atoms with Crippen molar-refractivity contribution in [2.45, 2.75) is 71.8 Å². The lowest BCUT2D eigenvalue weighted by molar-refractivity contribution is -0.143. The molecule has 0 aliphatic carbocycles. The lowest BCUT2D eigenvalue weighted by atomic mass is 10.1. The minimum Gasteiger partial charge on any atom is -0.466 e. The summed E-state index contributed by atoms with van der Waals surface area (Å²) >= 11 is 0. The second kappa shape index (κ2) is 10.4. The van der Waals surface area contributed by atoms with Gasteiger partial charge in [0.15, 0.2) is 0 Å². The summed E-state index contributed by atoms with van der Waals surface area (Å²) in [7, 11) is 0. The number of hydrogen-bond acceptors (Lipinski definition) is 4. The first-order chi connectivity index (χ1) is 9.76. The molecule has 0 unspecified atom stereocenters. The largest absolute Gasteiger partial charge is 0.466 e. The molecule has 114 valence electrons. The molecule has 0 saturated carbocycles. The van der Waals surface area contributed by atoms with Crippen LogP contribution in [0.2, 0.25) is 0 Å². The van der Waals surface area contributed by atoms with E-state index >= 15 is 0 Å². The molecule has 0 aromatic carbocycles. The molecule has 0 aliphatic heterocycles. The molecule has 1 aromatic heterocycles. The highest BCUT2D eigenvalue weighted by Gasteiger charge is 2.05. The van der Waals surface area contributed by atoms with Crippen LogP contribution in [0.25, 0.3) is 0 Å². The molecule has 0 atom stereocenters. The Morgan fingerprint density at radius 1 is 1.20 bits per heavy atom. The Balaban J connectivity index is 2.14. The van der Waals surface area contributed by atoms with E-state index in [0.29, 0.717) is 19.6 Å². The van der Waals surface area contributed by atoms with E-state index < -0.39 is 0 Å². The van der Waals surface area contributed by atoms with Crippen molar-refractivity contribution in [3.05, 3.63) is 11.9 Å². The number of unbranched alkanes of at least 4 members (excludes halogenated alkanes) is 5. The Labute approximate surface area is 121 Å². The monoisotopic (exact) mass is 281 g/mol. The summed E-state index contributed by atoms with van der Waals surface area (Å²) in [4.78, 5) is 11.2. The van der Waals surface area contributed by atoms with Gasteiger partial charge in [0, 0.05) is 6.20 Å². The van der Waals surface area contributed by atoms with Crippen LogP contribution >= 0.6 is 0 Å². The number of esters is 1. The van der Waals surface area contributed by atoms with Crippen molar-refractivity contribution in [1.82, 2.24) is 15.0 Å². The molecule has 0 bridgehead atoms. The van der Waals surface area contributed by atoms with Crippen LogP contribution in [0, 0.1) is 0 Å². The average Bonchev–Trinajstić information content (AvgIpc) is 2.89. The zero-order chi connectivity index (χ0) is 14.6. The summed E-state index contributed by atoms with van der Waals surface area (Å²) in [5.41, 5.74) is 1.02. The van der Waals surface area contributed by atoms with Crippen LogP contribution < -0.4 is 0 Å². The molecule has 5 heteroatoms. The highest BCUT2D eigenvalue weighted by molar-refractivity contribution is 5.69. The second-order valence-electron chi connectivity index (χ2n) is 5.05. The molecule has 0 aliphatic rings. The molecule has 0 N–H and O–H groups in total. The Morgan fingerprint density at radius 2 is 1.95 bits per heavy atom. The van der Waals surface area contributed by atoms with Crippen molar-refractivity contribution in [2.24, 2.45) is 0 Å². The molecule has 1 rings (SSSR count). The molecule has 20 heavy (non-hydrogen) atoms. The van der Waals surface area contributed by atoms with Gasteiger partial charge in [0.2, 0.25) is 0 Å². The third kappa shape index (κ3) is 7.26. The van der Waals surface area contributed by atoms with Crippen molar-refractivity contribution in [2.75, 3.05) is 6.61 Å². The number of carbonyl (C=O) groups is 1. The zero-order valence-corrected chi connectivity index (χ0v) is 12.8. The van der Waals surface area contributed by atoms with Gasteiger partial charge in [-0.3, -0.25) is 9.48 Å². The number of rotatable bonds is 11. The van der Waals surface area contributed by atoms with E-state index in [9.17, 15) is 4.79 Å². The number of carbonyl (C=O) groups excluding carboxylic acids is 1. The minimum atomic E-state index is -0.180. The molecule has 0 fully saturated rings. The lowest BCUT2D eigenvalue weighted by Crippen LogP contribution is -2.09. The fourth-order valence-electron chi connectivity index (χ4n) is 2.09. The van der Waals surface area contributed by atoms with Gasteiger partial charge in [0.1, 0.15) is 0 Å². The van der Waals surface area contributed by atoms with Gasteiger partial charge in [0.05, 0.1) is 25.3 Å². The molecule has 1 heterocycles. The van der Waals surface area contributed by atoms with E-state index in [1.807, 2.05) is 13.1 Å². The van der Waals surface area contributed by atoms with Gasteiger partial charge in [0.25, 0.3) is 0 Å². The van der Waals surface area contributed by atoms with Crippen LogP contribution in [0.5, 0.6) is 0 Å². The van der Waals surface area contributed by atoms with Crippen LogP contribution in [0.4, 0.5) is 0 Å². The summed E-state index contributed by atoms with van der Waals surface area (Å²) in [5.74, 6) is -0.180. The van der Waals surface area contributed by atoms with Crippen LogP contribution in [0.1, 0.15) is 64.5 Å². The molecule has 0 saturated heterocycles. The van der Waals surface area contributed by atoms with Crippen LogP contribution in [0.15, 0.2) is 6.20 Å². The topological polar surface area (TPSA) is 57.0 Å². The summed E-state index contributed by atoms with van der Waals surface area (Å²) < 4.78 is 6.61. The first-order valence-corrected chi connectivity index (χ1v) is 7.80. The van der Waals surface area contributed by atoms with E-state index in [2.05, 4.69) is 17.2 Å². The SMILES string of the molecule is CCCCCCCCc1cn(CCC(=O)OCC)nn1. The van der Waals surface area contributed by atoms with Gasteiger partial charge >= 0.3 is 5.97 Å². The van der Waals surface area contributed by atoms with Crippen LogP contribution in [0.3, 0.4) is 0 Å². The van der Waals surface area contributed by atoms with Gasteiger partial charge in [-0.25, -0.2) is 0 Å². The smallest absolute Gasteiger partial charge is 0.307 e. The van der Waals surface area contributed by atoms with E-state index in [-0.39, 0.29) is 5.97 Å². The van der Waals surface area contributed by atoms with Crippen molar-refractivity contribution < 1.29 is 9.53 Å². The summed E-state index contributed by atoms with van der Waals surface area (Å²) in [6, 6.07) is 0. The molecule has 0 amide bonds. The Hall–Kier alpha value is -1.39. The molecular formula is C15H27N3O2. The predicted molar refractivity (Wildman–Crippen MR) is 78.4 cm³/mol. The summed E-state index contributed by atoms with van der Waals surface area (Å²) in [6.07, 6.45) is 11.0. The fraction of sp³-hybridized carbons (Fsp3) is 0.800. The maximum absolute atomic E-state index is 11.2. The van der Waals surface area contributed by atoms with E-state index in [1.54, 1.807) is 4.68 Å². The molecule has 0 radical (unpaired) electrons. The molecule has 5 nitrogen and oxygen atoms in total. The Kier molecular flexibility index (Phi) is 8.67. The Bertz CT molecular complexity index is 377. The fourth-order valence-corrected chi connectivity index (χ4v) is 2.09. The first-order valence-electron chi connectivity index (χ1n) is 7.80. The van der Waals surface area contributed by atoms with E-state index in [1.165, 1.54) is 38.5 Å². The zero-order valence-electron chi connectivity index (χ0n) is 12.8. The number of hydrogen-bond donors (Lipinski definition) is 0. The third-order valence-electron chi connectivity index (χ3n) is 3.22. The Morgan fingerprint density at radius 3 is 2.70 bits per heavy atom. The quantitative estimate of drug-likeness (QED) is 0.462. The molecule has 1 aromatic rings. The first kappa shape index (κ1) is 16.7. The highest BCUT2D eigenvalue weighted by atomic mass is 16.5. The highest BCUT2D eigenvalue weighted by Crippen LogP contribution is 2.08. The van der Waals surface area contributed by atoms with Gasteiger partial charge in [-0.15, -0.1) is 5.10 Å². The third-order valence-corrected chi connectivity index (χ3v) is 3.22. The van der Waals surface area contributed by atoms with Crippen molar-refractivity contribution >= 4 is 5.97 Å². The van der Waals surface area contributed by atoms with Gasteiger partial charge in [-0.1, -0.05) is 44.2 Å². The van der Waals surface area contributed by atoms with Crippen LogP contribution in [-0.2, 0) is 22.5 Å². The van der Waals surface area contributed by atoms with E-state index in [4.69, 9.17) is 4.74 Å². The molecular weight excluding hydrogens is 254 g/mol. The number of aryl methyl sites for hydroxylation is 2. The second-order valence-corrected chi connectivity index (χ2v) is 5.05. The van der Waals surface area contributed by atoms with Crippen LogP contribution in [-0.4, -0.2) is 27.6 Å². The maximum Gasteiger partial charge on any atom is 0.307 e. The lowest BCUT2D eigenvalue weighted by Gasteiger charge is -2.01. The predicted octanol–water partition coefficient (Wildman–Crippen LogP) is 3.13. The number of ether oxygens (including phenoxy) is 1. The van der Waals surface area contributed by atoms with Crippen molar-refractivity contribution in [1.29, 1.82) is 0 Å². The molecule has 0 spiro atoms. The standard InChI is InChI=1S/C15H27N3O2/c1-3-5-6-7-8-9-10-14-13-18(17-16-14)12-11-15(19)20-4-2/h13H,3-12H2,1-2H3. The normalized spacial score (nSPS) is 10.7. The van der Waals surface area contributed by atoms with Crippen molar-refractivity contribution in [3.8, 4) is 0 Å². The summed E-state index contributed by atoms with van der Waals surface area (Å²) in [6.45, 7) is 5.02. The average molecular weight is 281 g/mol. The van der Waals surface area contributed by atoms with E-state index in [0.717, 1.165) is 12.1 Å². The summed E-state index contributed by atoms with van der Waals surface area (Å²) in [5, 5.41) is 8.17. The number of aromatic nitrogens is 3. The maximum atomic E-state index is 11.2. The number of nitrogens with zero attached hydrogens (tertiary/aromatic N) is 3.